The number of nitrogens with one attached hydrogen (secondary N) is 2. The Balaban J connectivity index is 1.91. The predicted octanol–water partition coefficient (Wildman–Crippen LogP) is 3.14. The number of carboxylic acid groups (broad SMARTS) is 1. The lowest BCUT2D eigenvalue weighted by atomic mass is 10.0. The van der Waals surface area contributed by atoms with Crippen LogP contribution in [0.5, 0.6) is 0 Å². The predicted molar refractivity (Wildman–Crippen MR) is 113 cm³/mol. The minimum atomic E-state index is -1.12. The van der Waals surface area contributed by atoms with E-state index in [1.54, 1.807) is 13.8 Å². The maximum Gasteiger partial charge on any atom is 0.408 e. The van der Waals surface area contributed by atoms with Crippen molar-refractivity contribution in [3.05, 3.63) is 71.8 Å². The standard InChI is InChI=1S/C23H28N2O5/c1-16(2)20(25-23(29)30-15-18-11-7-4-8-12-18)21(26)24-19(22(27)28)14-13-17-9-5-3-6-10-17/h3-12,16,19-20H,13-15H2,1-2H3,(H,24,26)(H,25,29)(H,27,28)/t19-,20-/m1/s1. The summed E-state index contributed by atoms with van der Waals surface area (Å²) in [5.74, 6) is -1.92. The molecular formula is C23H28N2O5. The molecule has 0 spiro atoms. The molecule has 0 aliphatic rings. The molecule has 0 aromatic heterocycles. The number of ether oxygens (including phenoxy) is 1. The Morgan fingerprint density at radius 3 is 2.00 bits per heavy atom. The van der Waals surface area contributed by atoms with Gasteiger partial charge in [0.1, 0.15) is 18.7 Å². The number of aliphatic carboxylic acids is 1. The zero-order valence-corrected chi connectivity index (χ0v) is 17.2. The monoisotopic (exact) mass is 412 g/mol. The Morgan fingerprint density at radius 2 is 1.47 bits per heavy atom. The van der Waals surface area contributed by atoms with E-state index in [0.717, 1.165) is 11.1 Å². The van der Waals surface area contributed by atoms with E-state index in [-0.39, 0.29) is 18.9 Å². The fourth-order valence-corrected chi connectivity index (χ4v) is 2.90. The lowest BCUT2D eigenvalue weighted by molar-refractivity contribution is -0.142. The van der Waals surface area contributed by atoms with Crippen LogP contribution in [-0.2, 0) is 27.4 Å². The van der Waals surface area contributed by atoms with E-state index in [1.165, 1.54) is 0 Å². The number of carboxylic acids is 1. The van der Waals surface area contributed by atoms with Gasteiger partial charge in [-0.15, -0.1) is 0 Å². The summed E-state index contributed by atoms with van der Waals surface area (Å²) in [4.78, 5) is 36.4. The molecule has 0 bridgehead atoms. The summed E-state index contributed by atoms with van der Waals surface area (Å²) >= 11 is 0. The van der Waals surface area contributed by atoms with Crippen LogP contribution in [0.3, 0.4) is 0 Å². The summed E-state index contributed by atoms with van der Waals surface area (Å²) in [6, 6.07) is 16.7. The Kier molecular flexibility index (Phi) is 8.87. The van der Waals surface area contributed by atoms with Crippen molar-refractivity contribution in [2.24, 2.45) is 5.92 Å². The van der Waals surface area contributed by atoms with E-state index in [1.807, 2.05) is 60.7 Å². The maximum absolute atomic E-state index is 12.7. The summed E-state index contributed by atoms with van der Waals surface area (Å²) in [5.41, 5.74) is 1.81. The van der Waals surface area contributed by atoms with Crippen LogP contribution in [0.25, 0.3) is 0 Å². The summed E-state index contributed by atoms with van der Waals surface area (Å²) in [7, 11) is 0. The third-order valence-corrected chi connectivity index (χ3v) is 4.61. The first kappa shape index (κ1) is 22.9. The molecule has 160 valence electrons. The summed E-state index contributed by atoms with van der Waals surface area (Å²) in [5, 5.41) is 14.6. The molecule has 30 heavy (non-hydrogen) atoms. The number of hydrogen-bond donors (Lipinski definition) is 3. The molecule has 3 N–H and O–H groups in total. The fraction of sp³-hybridized carbons (Fsp3) is 0.348. The normalized spacial score (nSPS) is 12.6. The number of hydrogen-bond acceptors (Lipinski definition) is 4. The van der Waals surface area contributed by atoms with Gasteiger partial charge in [-0.1, -0.05) is 74.5 Å². The van der Waals surface area contributed by atoms with E-state index >= 15 is 0 Å². The van der Waals surface area contributed by atoms with Crippen LogP contribution >= 0.6 is 0 Å². The average molecular weight is 412 g/mol. The van der Waals surface area contributed by atoms with Crippen molar-refractivity contribution in [2.75, 3.05) is 0 Å². The van der Waals surface area contributed by atoms with E-state index in [9.17, 15) is 19.5 Å². The number of benzene rings is 2. The largest absolute Gasteiger partial charge is 0.480 e. The third-order valence-electron chi connectivity index (χ3n) is 4.61. The minimum Gasteiger partial charge on any atom is -0.480 e. The van der Waals surface area contributed by atoms with Crippen LogP contribution in [0.4, 0.5) is 4.79 Å². The van der Waals surface area contributed by atoms with Crippen LogP contribution < -0.4 is 10.6 Å². The molecule has 0 unspecified atom stereocenters. The topological polar surface area (TPSA) is 105 Å². The van der Waals surface area contributed by atoms with Crippen molar-refractivity contribution >= 4 is 18.0 Å². The van der Waals surface area contributed by atoms with Gasteiger partial charge in [0, 0.05) is 0 Å². The fourth-order valence-electron chi connectivity index (χ4n) is 2.90. The van der Waals surface area contributed by atoms with E-state index in [0.29, 0.717) is 6.42 Å². The molecule has 0 saturated heterocycles. The number of rotatable bonds is 10. The molecule has 0 aliphatic heterocycles. The molecule has 0 fully saturated rings. The molecule has 2 amide bonds. The second-order valence-electron chi connectivity index (χ2n) is 7.35. The first-order chi connectivity index (χ1) is 14.4. The first-order valence-electron chi connectivity index (χ1n) is 9.91. The number of amides is 2. The molecular weight excluding hydrogens is 384 g/mol. The zero-order chi connectivity index (χ0) is 21.9. The van der Waals surface area contributed by atoms with Crippen molar-refractivity contribution in [1.82, 2.24) is 10.6 Å². The van der Waals surface area contributed by atoms with Gasteiger partial charge in [-0.2, -0.15) is 0 Å². The smallest absolute Gasteiger partial charge is 0.408 e. The van der Waals surface area contributed by atoms with Gasteiger partial charge in [-0.3, -0.25) is 4.79 Å². The molecule has 0 heterocycles. The van der Waals surface area contributed by atoms with Crippen molar-refractivity contribution in [1.29, 1.82) is 0 Å². The third kappa shape index (κ3) is 7.58. The van der Waals surface area contributed by atoms with Crippen molar-refractivity contribution in [3.8, 4) is 0 Å². The molecule has 2 aromatic carbocycles. The van der Waals surface area contributed by atoms with Gasteiger partial charge >= 0.3 is 12.1 Å². The number of aryl methyl sites for hydroxylation is 1. The SMILES string of the molecule is CC(C)[C@@H](NC(=O)OCc1ccccc1)C(=O)N[C@H](CCc1ccccc1)C(=O)O. The molecule has 0 saturated carbocycles. The van der Waals surface area contributed by atoms with Crippen LogP contribution in [0.2, 0.25) is 0 Å². The second kappa shape index (κ2) is 11.6. The molecule has 0 radical (unpaired) electrons. The molecule has 7 heteroatoms. The van der Waals surface area contributed by atoms with E-state index < -0.39 is 30.1 Å². The average Bonchev–Trinajstić information content (AvgIpc) is 2.74. The Labute approximate surface area is 176 Å². The molecule has 7 nitrogen and oxygen atoms in total. The van der Waals surface area contributed by atoms with Crippen molar-refractivity contribution in [3.63, 3.8) is 0 Å². The number of alkyl carbamates (subject to hydrolysis) is 1. The number of carbonyl (C=O) groups is 3. The van der Waals surface area contributed by atoms with Gasteiger partial charge in [0.25, 0.3) is 0 Å². The van der Waals surface area contributed by atoms with Gasteiger partial charge in [0.05, 0.1) is 0 Å². The van der Waals surface area contributed by atoms with Gasteiger partial charge in [-0.05, 0) is 29.9 Å². The maximum atomic E-state index is 12.7. The highest BCUT2D eigenvalue weighted by Gasteiger charge is 2.29. The molecule has 2 aromatic rings. The minimum absolute atomic E-state index is 0.0773. The van der Waals surface area contributed by atoms with Gasteiger partial charge < -0.3 is 20.5 Å². The van der Waals surface area contributed by atoms with Crippen LogP contribution in [0, 0.1) is 5.92 Å². The van der Waals surface area contributed by atoms with E-state index in [2.05, 4.69) is 10.6 Å². The Morgan fingerprint density at radius 1 is 0.900 bits per heavy atom. The lowest BCUT2D eigenvalue weighted by Gasteiger charge is -2.24. The summed E-state index contributed by atoms with van der Waals surface area (Å²) in [6.45, 7) is 3.61. The van der Waals surface area contributed by atoms with Gasteiger partial charge in [0.15, 0.2) is 0 Å². The van der Waals surface area contributed by atoms with Crippen molar-refractivity contribution < 1.29 is 24.2 Å². The summed E-state index contributed by atoms with van der Waals surface area (Å²) in [6.07, 6.45) is 0.0228. The highest BCUT2D eigenvalue weighted by Crippen LogP contribution is 2.08. The van der Waals surface area contributed by atoms with Crippen LogP contribution in [-0.4, -0.2) is 35.2 Å². The Bertz CT molecular complexity index is 824. The van der Waals surface area contributed by atoms with E-state index in [4.69, 9.17) is 4.74 Å². The first-order valence-corrected chi connectivity index (χ1v) is 9.91. The van der Waals surface area contributed by atoms with Crippen LogP contribution in [0.1, 0.15) is 31.4 Å². The molecule has 2 atom stereocenters. The molecule has 0 aliphatic carbocycles. The van der Waals surface area contributed by atoms with Crippen molar-refractivity contribution in [2.45, 2.75) is 45.4 Å². The zero-order valence-electron chi connectivity index (χ0n) is 17.2. The van der Waals surface area contributed by atoms with Gasteiger partial charge in [-0.25, -0.2) is 9.59 Å². The van der Waals surface area contributed by atoms with Gasteiger partial charge in [0.2, 0.25) is 5.91 Å². The summed E-state index contributed by atoms with van der Waals surface area (Å²) < 4.78 is 5.17. The molecule has 2 rings (SSSR count). The van der Waals surface area contributed by atoms with Crippen LogP contribution in [0.15, 0.2) is 60.7 Å². The lowest BCUT2D eigenvalue weighted by Crippen LogP contribution is -2.53. The second-order valence-corrected chi connectivity index (χ2v) is 7.35. The quantitative estimate of drug-likeness (QED) is 0.556. The highest BCUT2D eigenvalue weighted by molar-refractivity contribution is 5.89. The Hall–Kier alpha value is -3.35. The highest BCUT2D eigenvalue weighted by atomic mass is 16.5. The number of carbonyl (C=O) groups excluding carboxylic acids is 2.